The van der Waals surface area contributed by atoms with Gasteiger partial charge in [0.1, 0.15) is 0 Å². The Labute approximate surface area is 76.7 Å². The van der Waals surface area contributed by atoms with Crippen molar-refractivity contribution in [2.45, 2.75) is 46.1 Å². The average molecular weight is 172 g/mol. The van der Waals surface area contributed by atoms with E-state index in [0.29, 0.717) is 17.9 Å². The van der Waals surface area contributed by atoms with Gasteiger partial charge in [0, 0.05) is 6.04 Å². The lowest BCUT2D eigenvalue weighted by molar-refractivity contribution is 0.348. The third-order valence-corrected chi connectivity index (χ3v) is 2.53. The van der Waals surface area contributed by atoms with E-state index in [1.165, 1.54) is 6.42 Å². The molecular formula is C10H24N2. The summed E-state index contributed by atoms with van der Waals surface area (Å²) in [6.45, 7) is 7.38. The Bertz CT molecular complexity index is 104. The van der Waals surface area contributed by atoms with Crippen LogP contribution in [0.25, 0.3) is 0 Å². The van der Waals surface area contributed by atoms with Gasteiger partial charge in [0.25, 0.3) is 0 Å². The summed E-state index contributed by atoms with van der Waals surface area (Å²) in [5.41, 5.74) is 11.5. The minimum absolute atomic E-state index is 0.365. The molecule has 3 atom stereocenters. The maximum Gasteiger partial charge on any atom is 0.00645 e. The summed E-state index contributed by atoms with van der Waals surface area (Å²) in [5.74, 6) is 1.23. The van der Waals surface area contributed by atoms with Crippen molar-refractivity contribution in [1.82, 2.24) is 0 Å². The summed E-state index contributed by atoms with van der Waals surface area (Å²) in [4.78, 5) is 0. The minimum atomic E-state index is 0.365. The van der Waals surface area contributed by atoms with Crippen LogP contribution in [-0.4, -0.2) is 12.6 Å². The van der Waals surface area contributed by atoms with E-state index in [1.807, 2.05) is 0 Å². The highest BCUT2D eigenvalue weighted by atomic mass is 14.6. The molecule has 0 rings (SSSR count). The van der Waals surface area contributed by atoms with E-state index >= 15 is 0 Å². The van der Waals surface area contributed by atoms with Gasteiger partial charge in [-0.05, 0) is 31.2 Å². The maximum absolute atomic E-state index is 5.99. The molecule has 0 aliphatic heterocycles. The van der Waals surface area contributed by atoms with Gasteiger partial charge in [0.2, 0.25) is 0 Å². The quantitative estimate of drug-likeness (QED) is 0.641. The molecular weight excluding hydrogens is 148 g/mol. The first-order valence-corrected chi connectivity index (χ1v) is 5.07. The first-order valence-electron chi connectivity index (χ1n) is 5.07. The smallest absolute Gasteiger partial charge is 0.00645 e. The zero-order valence-electron chi connectivity index (χ0n) is 8.72. The average Bonchev–Trinajstić information content (AvgIpc) is 2.04. The molecule has 0 aromatic heterocycles. The topological polar surface area (TPSA) is 52.0 Å². The van der Waals surface area contributed by atoms with Crippen molar-refractivity contribution in [3.63, 3.8) is 0 Å². The molecule has 0 fully saturated rings. The predicted octanol–water partition coefficient (Wildman–Crippen LogP) is 1.73. The Morgan fingerprint density at radius 1 is 1.25 bits per heavy atom. The van der Waals surface area contributed by atoms with Gasteiger partial charge in [-0.15, -0.1) is 0 Å². The monoisotopic (exact) mass is 172 g/mol. The molecule has 74 valence electrons. The molecule has 0 radical (unpaired) electrons. The van der Waals surface area contributed by atoms with Crippen molar-refractivity contribution in [3.8, 4) is 0 Å². The summed E-state index contributed by atoms with van der Waals surface area (Å²) in [7, 11) is 0. The molecule has 0 amide bonds. The van der Waals surface area contributed by atoms with E-state index in [1.54, 1.807) is 0 Å². The summed E-state index contributed by atoms with van der Waals surface area (Å²) in [6, 6.07) is 0.365. The van der Waals surface area contributed by atoms with Crippen LogP contribution in [0.5, 0.6) is 0 Å². The summed E-state index contributed by atoms with van der Waals surface area (Å²) in [5, 5.41) is 0. The third-order valence-electron chi connectivity index (χ3n) is 2.53. The molecule has 12 heavy (non-hydrogen) atoms. The van der Waals surface area contributed by atoms with E-state index < -0.39 is 0 Å². The fourth-order valence-corrected chi connectivity index (χ4v) is 1.52. The molecule has 0 aromatic rings. The molecule has 0 aliphatic rings. The Kier molecular flexibility index (Phi) is 6.39. The first kappa shape index (κ1) is 11.9. The molecule has 2 heteroatoms. The zero-order chi connectivity index (χ0) is 9.56. The van der Waals surface area contributed by atoms with Crippen LogP contribution in [-0.2, 0) is 0 Å². The first-order chi connectivity index (χ1) is 5.61. The predicted molar refractivity (Wildman–Crippen MR) is 54.9 cm³/mol. The van der Waals surface area contributed by atoms with Crippen molar-refractivity contribution in [2.24, 2.45) is 23.3 Å². The third kappa shape index (κ3) is 4.73. The van der Waals surface area contributed by atoms with Crippen molar-refractivity contribution < 1.29 is 0 Å². The highest BCUT2D eigenvalue weighted by Crippen LogP contribution is 2.15. The fourth-order valence-electron chi connectivity index (χ4n) is 1.52. The molecule has 4 N–H and O–H groups in total. The fraction of sp³-hybridized carbons (Fsp3) is 1.00. The van der Waals surface area contributed by atoms with Crippen LogP contribution in [0.2, 0.25) is 0 Å². The van der Waals surface area contributed by atoms with Crippen LogP contribution < -0.4 is 11.5 Å². The van der Waals surface area contributed by atoms with Crippen molar-refractivity contribution in [3.05, 3.63) is 0 Å². The van der Waals surface area contributed by atoms with Gasteiger partial charge in [-0.3, -0.25) is 0 Å². The second-order valence-corrected chi connectivity index (χ2v) is 4.01. The van der Waals surface area contributed by atoms with E-state index in [2.05, 4.69) is 20.8 Å². The molecule has 0 saturated carbocycles. The number of nitrogens with two attached hydrogens (primary N) is 2. The Balaban J connectivity index is 3.62. The molecule has 0 aliphatic carbocycles. The molecule has 0 bridgehead atoms. The van der Waals surface area contributed by atoms with Crippen molar-refractivity contribution in [1.29, 1.82) is 0 Å². The van der Waals surface area contributed by atoms with Crippen molar-refractivity contribution in [2.75, 3.05) is 6.54 Å². The SMILES string of the molecule is CCCC(N)C(C)CC(C)CN. The Hall–Kier alpha value is -0.0800. The highest BCUT2D eigenvalue weighted by molar-refractivity contribution is 4.71. The molecule has 0 aromatic carbocycles. The lowest BCUT2D eigenvalue weighted by atomic mass is 9.89. The summed E-state index contributed by atoms with van der Waals surface area (Å²) < 4.78 is 0. The van der Waals surface area contributed by atoms with Crippen LogP contribution in [0.15, 0.2) is 0 Å². The van der Waals surface area contributed by atoms with Gasteiger partial charge < -0.3 is 11.5 Å². The van der Waals surface area contributed by atoms with Crippen LogP contribution in [0, 0.1) is 11.8 Å². The molecule has 0 spiro atoms. The number of hydrogen-bond acceptors (Lipinski definition) is 2. The summed E-state index contributed by atoms with van der Waals surface area (Å²) in [6.07, 6.45) is 3.48. The van der Waals surface area contributed by atoms with E-state index in [0.717, 1.165) is 19.4 Å². The number of hydrogen-bond donors (Lipinski definition) is 2. The van der Waals surface area contributed by atoms with Gasteiger partial charge in [-0.1, -0.05) is 27.2 Å². The van der Waals surface area contributed by atoms with Crippen LogP contribution >= 0.6 is 0 Å². The lowest BCUT2D eigenvalue weighted by Crippen LogP contribution is -2.30. The maximum atomic E-state index is 5.99. The Morgan fingerprint density at radius 3 is 2.25 bits per heavy atom. The van der Waals surface area contributed by atoms with E-state index in [4.69, 9.17) is 11.5 Å². The molecule has 2 nitrogen and oxygen atoms in total. The summed E-state index contributed by atoms with van der Waals surface area (Å²) >= 11 is 0. The van der Waals surface area contributed by atoms with Gasteiger partial charge >= 0.3 is 0 Å². The second-order valence-electron chi connectivity index (χ2n) is 4.01. The van der Waals surface area contributed by atoms with Crippen LogP contribution in [0.1, 0.15) is 40.0 Å². The second kappa shape index (κ2) is 6.44. The van der Waals surface area contributed by atoms with Gasteiger partial charge in [0.05, 0.1) is 0 Å². The van der Waals surface area contributed by atoms with E-state index in [-0.39, 0.29) is 0 Å². The zero-order valence-corrected chi connectivity index (χ0v) is 8.72. The molecule has 0 saturated heterocycles. The van der Waals surface area contributed by atoms with Gasteiger partial charge in [-0.2, -0.15) is 0 Å². The standard InChI is InChI=1S/C10H24N2/c1-4-5-10(12)9(3)6-8(2)7-11/h8-10H,4-7,11-12H2,1-3H3. The van der Waals surface area contributed by atoms with Crippen LogP contribution in [0.4, 0.5) is 0 Å². The molecule has 3 unspecified atom stereocenters. The molecule has 0 heterocycles. The lowest BCUT2D eigenvalue weighted by Gasteiger charge is -2.21. The van der Waals surface area contributed by atoms with Gasteiger partial charge in [-0.25, -0.2) is 0 Å². The van der Waals surface area contributed by atoms with E-state index in [9.17, 15) is 0 Å². The largest absolute Gasteiger partial charge is 0.330 e. The Morgan fingerprint density at radius 2 is 1.83 bits per heavy atom. The van der Waals surface area contributed by atoms with Crippen molar-refractivity contribution >= 4 is 0 Å². The van der Waals surface area contributed by atoms with Crippen LogP contribution in [0.3, 0.4) is 0 Å². The number of rotatable bonds is 6. The van der Waals surface area contributed by atoms with Gasteiger partial charge in [0.15, 0.2) is 0 Å². The normalized spacial score (nSPS) is 18.8. The minimum Gasteiger partial charge on any atom is -0.330 e. The highest BCUT2D eigenvalue weighted by Gasteiger charge is 2.13.